The summed E-state index contributed by atoms with van der Waals surface area (Å²) in [6, 6.07) is 4.31. The van der Waals surface area contributed by atoms with Gasteiger partial charge in [-0.1, -0.05) is 0 Å². The number of carboxylic acid groups (broad SMARTS) is 1. The van der Waals surface area contributed by atoms with Crippen LogP contribution in [0.15, 0.2) is 24.5 Å². The van der Waals surface area contributed by atoms with Crippen molar-refractivity contribution in [1.29, 1.82) is 0 Å². The molecule has 2 aliphatic heterocycles. The molecule has 2 N–H and O–H groups in total. The van der Waals surface area contributed by atoms with Gasteiger partial charge in [-0.15, -0.1) is 0 Å². The monoisotopic (exact) mass is 396 g/mol. The second-order valence-corrected chi connectivity index (χ2v) is 8.51. The summed E-state index contributed by atoms with van der Waals surface area (Å²) >= 11 is 0. The van der Waals surface area contributed by atoms with E-state index < -0.39 is 6.09 Å². The van der Waals surface area contributed by atoms with Crippen LogP contribution >= 0.6 is 0 Å². The molecule has 0 bridgehead atoms. The average Bonchev–Trinajstić information content (AvgIpc) is 3.35. The molecule has 154 valence electrons. The minimum atomic E-state index is -0.901. The Hall–Kier alpha value is -2.54. The molecule has 3 aliphatic rings. The molecular weight excluding hydrogens is 368 g/mol. The first kappa shape index (κ1) is 18.5. The van der Waals surface area contributed by atoms with E-state index in [4.69, 9.17) is 4.74 Å². The second kappa shape index (κ2) is 7.37. The molecule has 0 spiro atoms. The third kappa shape index (κ3) is 3.27. The Morgan fingerprint density at radius 1 is 1.28 bits per heavy atom. The predicted molar refractivity (Wildman–Crippen MR) is 111 cm³/mol. The molecule has 7 nitrogen and oxygen atoms in total. The topological polar surface area (TPSA) is 79.6 Å². The molecule has 1 aromatic carbocycles. The first-order chi connectivity index (χ1) is 14.1. The summed E-state index contributed by atoms with van der Waals surface area (Å²) in [6.07, 6.45) is 9.39. The van der Waals surface area contributed by atoms with Crippen molar-refractivity contribution in [2.24, 2.45) is 0 Å². The van der Waals surface area contributed by atoms with Gasteiger partial charge in [0.05, 0.1) is 24.0 Å². The number of benzene rings is 1. The Bertz CT molecular complexity index is 915. The minimum Gasteiger partial charge on any atom is -0.489 e. The van der Waals surface area contributed by atoms with Crippen LogP contribution in [0, 0.1) is 0 Å². The van der Waals surface area contributed by atoms with Gasteiger partial charge in [0.15, 0.2) is 0 Å². The van der Waals surface area contributed by atoms with Crippen molar-refractivity contribution in [3.8, 4) is 16.9 Å². The van der Waals surface area contributed by atoms with E-state index in [1.807, 2.05) is 29.9 Å². The average molecular weight is 396 g/mol. The SMILES string of the molecule is C[C@H]1CCc2c(ccc(-c3cnn(C4CCNC4)c3)c2OC2CCC2)N1C(=O)O. The largest absolute Gasteiger partial charge is 0.489 e. The second-order valence-electron chi connectivity index (χ2n) is 8.51. The summed E-state index contributed by atoms with van der Waals surface area (Å²) in [5.74, 6) is 0.856. The summed E-state index contributed by atoms with van der Waals surface area (Å²) in [4.78, 5) is 13.4. The highest BCUT2D eigenvalue weighted by atomic mass is 16.5. The van der Waals surface area contributed by atoms with E-state index in [2.05, 4.69) is 16.6 Å². The lowest BCUT2D eigenvalue weighted by Gasteiger charge is -2.36. The fourth-order valence-electron chi connectivity index (χ4n) is 4.66. The lowest BCUT2D eigenvalue weighted by atomic mass is 9.91. The van der Waals surface area contributed by atoms with Crippen molar-refractivity contribution >= 4 is 11.8 Å². The molecule has 2 fully saturated rings. The molecule has 0 radical (unpaired) electrons. The van der Waals surface area contributed by atoms with E-state index in [-0.39, 0.29) is 12.1 Å². The highest BCUT2D eigenvalue weighted by Crippen LogP contribution is 2.44. The summed E-state index contributed by atoms with van der Waals surface area (Å²) in [5.41, 5.74) is 3.84. The molecule has 1 saturated carbocycles. The number of hydrogen-bond acceptors (Lipinski definition) is 4. The maximum absolute atomic E-state index is 11.9. The summed E-state index contributed by atoms with van der Waals surface area (Å²) < 4.78 is 8.51. The highest BCUT2D eigenvalue weighted by Gasteiger charge is 2.33. The van der Waals surface area contributed by atoms with Crippen molar-refractivity contribution in [3.63, 3.8) is 0 Å². The van der Waals surface area contributed by atoms with Gasteiger partial charge in [0.2, 0.25) is 0 Å². The van der Waals surface area contributed by atoms with E-state index in [0.29, 0.717) is 6.04 Å². The third-order valence-electron chi connectivity index (χ3n) is 6.61. The van der Waals surface area contributed by atoms with Crippen molar-refractivity contribution in [2.45, 2.75) is 63.6 Å². The molecule has 5 rings (SSSR count). The fraction of sp³-hybridized carbons (Fsp3) is 0.545. The Morgan fingerprint density at radius 3 is 2.83 bits per heavy atom. The van der Waals surface area contributed by atoms with E-state index in [9.17, 15) is 9.90 Å². The van der Waals surface area contributed by atoms with E-state index in [1.54, 1.807) is 0 Å². The molecule has 2 atom stereocenters. The van der Waals surface area contributed by atoms with Gasteiger partial charge in [-0.25, -0.2) is 4.79 Å². The molecule has 1 aromatic heterocycles. The number of nitrogens with one attached hydrogen (secondary N) is 1. The number of anilines is 1. The fourth-order valence-corrected chi connectivity index (χ4v) is 4.66. The number of ether oxygens (including phenoxy) is 1. The molecule has 1 saturated heterocycles. The van der Waals surface area contributed by atoms with Crippen LogP contribution in [0.3, 0.4) is 0 Å². The van der Waals surface area contributed by atoms with Crippen LogP contribution in [0.25, 0.3) is 11.1 Å². The van der Waals surface area contributed by atoms with Crippen LogP contribution in [0.2, 0.25) is 0 Å². The quantitative estimate of drug-likeness (QED) is 0.821. The first-order valence-electron chi connectivity index (χ1n) is 10.7. The Kier molecular flexibility index (Phi) is 4.70. The number of hydrogen-bond donors (Lipinski definition) is 2. The van der Waals surface area contributed by atoms with Crippen LogP contribution < -0.4 is 15.0 Å². The smallest absolute Gasteiger partial charge is 0.412 e. The van der Waals surface area contributed by atoms with Crippen LogP contribution in [-0.2, 0) is 6.42 Å². The molecule has 7 heteroatoms. The highest BCUT2D eigenvalue weighted by molar-refractivity contribution is 5.91. The molecule has 29 heavy (non-hydrogen) atoms. The Balaban J connectivity index is 1.57. The van der Waals surface area contributed by atoms with Gasteiger partial charge in [-0.2, -0.15) is 5.10 Å². The number of rotatable bonds is 4. The first-order valence-corrected chi connectivity index (χ1v) is 10.7. The zero-order chi connectivity index (χ0) is 20.0. The van der Waals surface area contributed by atoms with Gasteiger partial charge < -0.3 is 15.2 Å². The molecule has 1 amide bonds. The summed E-state index contributed by atoms with van der Waals surface area (Å²) in [5, 5.41) is 17.8. The van der Waals surface area contributed by atoms with Crippen LogP contribution in [-0.4, -0.2) is 46.2 Å². The van der Waals surface area contributed by atoms with Gasteiger partial charge in [-0.05, 0) is 64.1 Å². The van der Waals surface area contributed by atoms with Gasteiger partial charge in [0.25, 0.3) is 0 Å². The van der Waals surface area contributed by atoms with E-state index in [0.717, 1.165) is 73.3 Å². The summed E-state index contributed by atoms with van der Waals surface area (Å²) in [6.45, 7) is 3.94. The molecule has 1 unspecified atom stereocenters. The summed E-state index contributed by atoms with van der Waals surface area (Å²) in [7, 11) is 0. The Labute approximate surface area is 170 Å². The Morgan fingerprint density at radius 2 is 2.14 bits per heavy atom. The van der Waals surface area contributed by atoms with Gasteiger partial charge in [0.1, 0.15) is 5.75 Å². The standard InChI is InChI=1S/C22H28N4O3/c1-14-5-6-19-20(26(14)22(27)28)8-7-18(21(19)29-17-3-2-4-17)15-11-24-25(13-15)16-9-10-23-12-16/h7-8,11,13-14,16-17,23H,2-6,9-10,12H2,1H3,(H,27,28)/t14-,16?/m0/s1. The zero-order valence-corrected chi connectivity index (χ0v) is 16.8. The van der Waals surface area contributed by atoms with Gasteiger partial charge in [0, 0.05) is 35.5 Å². The predicted octanol–water partition coefficient (Wildman–Crippen LogP) is 3.83. The van der Waals surface area contributed by atoms with Gasteiger partial charge >= 0.3 is 6.09 Å². The molecular formula is C22H28N4O3. The number of amides is 1. The van der Waals surface area contributed by atoms with Gasteiger partial charge in [-0.3, -0.25) is 9.58 Å². The number of aromatic nitrogens is 2. The number of nitrogens with zero attached hydrogens (tertiary/aromatic N) is 3. The maximum atomic E-state index is 11.9. The molecule has 1 aliphatic carbocycles. The van der Waals surface area contributed by atoms with Crippen molar-refractivity contribution in [2.75, 3.05) is 18.0 Å². The molecule has 3 heterocycles. The normalized spacial score (nSPS) is 24.2. The van der Waals surface area contributed by atoms with E-state index >= 15 is 0 Å². The zero-order valence-electron chi connectivity index (χ0n) is 16.8. The lowest BCUT2D eigenvalue weighted by molar-refractivity contribution is 0.119. The van der Waals surface area contributed by atoms with Crippen molar-refractivity contribution in [3.05, 3.63) is 30.1 Å². The lowest BCUT2D eigenvalue weighted by Crippen LogP contribution is -2.41. The van der Waals surface area contributed by atoms with Crippen LogP contribution in [0.1, 0.15) is 50.6 Å². The number of fused-ring (bicyclic) bond motifs is 1. The van der Waals surface area contributed by atoms with Crippen molar-refractivity contribution < 1.29 is 14.6 Å². The maximum Gasteiger partial charge on any atom is 0.412 e. The number of carbonyl (C=O) groups is 1. The molecule has 2 aromatic rings. The van der Waals surface area contributed by atoms with Crippen LogP contribution in [0.4, 0.5) is 10.5 Å². The van der Waals surface area contributed by atoms with Crippen LogP contribution in [0.5, 0.6) is 5.75 Å². The minimum absolute atomic E-state index is 0.0278. The van der Waals surface area contributed by atoms with Crippen molar-refractivity contribution in [1.82, 2.24) is 15.1 Å². The third-order valence-corrected chi connectivity index (χ3v) is 6.61. The van der Waals surface area contributed by atoms with E-state index in [1.165, 1.54) is 11.3 Å².